The number of hydrogen-bond acceptors (Lipinski definition) is 3. The van der Waals surface area contributed by atoms with E-state index < -0.39 is 10.0 Å². The summed E-state index contributed by atoms with van der Waals surface area (Å²) in [6, 6.07) is 5.18. The maximum absolute atomic E-state index is 12.1. The second-order valence-electron chi connectivity index (χ2n) is 5.80. The van der Waals surface area contributed by atoms with Crippen LogP contribution in [0.5, 0.6) is 0 Å². The minimum absolute atomic E-state index is 0.0134. The van der Waals surface area contributed by atoms with Gasteiger partial charge >= 0.3 is 0 Å². The van der Waals surface area contributed by atoms with Gasteiger partial charge in [-0.2, -0.15) is 0 Å². The quantitative estimate of drug-likeness (QED) is 0.811. The van der Waals surface area contributed by atoms with E-state index in [4.69, 9.17) is 0 Å². The molecule has 0 bridgehead atoms. The SMILES string of the molecule is Cc1cc(N(CC(=O)NC(C)C(C)C)S(C)(=O)=O)ccc1Br. The first-order chi connectivity index (χ1) is 10.0. The summed E-state index contributed by atoms with van der Waals surface area (Å²) >= 11 is 3.38. The van der Waals surface area contributed by atoms with Gasteiger partial charge in [0.25, 0.3) is 0 Å². The normalized spacial score (nSPS) is 13.0. The van der Waals surface area contributed by atoms with Gasteiger partial charge < -0.3 is 5.32 Å². The van der Waals surface area contributed by atoms with E-state index >= 15 is 0 Å². The van der Waals surface area contributed by atoms with Gasteiger partial charge in [-0.05, 0) is 43.5 Å². The summed E-state index contributed by atoms with van der Waals surface area (Å²) in [5.41, 5.74) is 1.39. The first-order valence-electron chi connectivity index (χ1n) is 7.05. The maximum Gasteiger partial charge on any atom is 0.240 e. The number of sulfonamides is 1. The summed E-state index contributed by atoms with van der Waals surface area (Å²) in [5.74, 6) is -0.0299. The molecule has 1 aromatic rings. The molecule has 0 aliphatic carbocycles. The van der Waals surface area contributed by atoms with Gasteiger partial charge in [-0.15, -0.1) is 0 Å². The first kappa shape index (κ1) is 19.0. The molecule has 0 saturated carbocycles. The lowest BCUT2D eigenvalue weighted by Gasteiger charge is -2.24. The van der Waals surface area contributed by atoms with E-state index in [1.165, 1.54) is 0 Å². The van der Waals surface area contributed by atoms with Gasteiger partial charge in [-0.3, -0.25) is 9.10 Å². The third kappa shape index (κ3) is 5.28. The second kappa shape index (κ2) is 7.46. The van der Waals surface area contributed by atoms with Crippen LogP contribution in [0.25, 0.3) is 0 Å². The zero-order valence-corrected chi connectivity index (χ0v) is 16.0. The van der Waals surface area contributed by atoms with E-state index in [0.29, 0.717) is 5.69 Å². The Bertz CT molecular complexity index is 644. The lowest BCUT2D eigenvalue weighted by Crippen LogP contribution is -2.44. The molecule has 1 aromatic carbocycles. The van der Waals surface area contributed by atoms with Gasteiger partial charge in [-0.25, -0.2) is 8.42 Å². The van der Waals surface area contributed by atoms with Crippen molar-refractivity contribution in [3.8, 4) is 0 Å². The summed E-state index contributed by atoms with van der Waals surface area (Å²) in [5, 5.41) is 2.82. The van der Waals surface area contributed by atoms with E-state index in [9.17, 15) is 13.2 Å². The molecule has 0 spiro atoms. The highest BCUT2D eigenvalue weighted by molar-refractivity contribution is 9.10. The molecule has 0 heterocycles. The highest BCUT2D eigenvalue weighted by Gasteiger charge is 2.22. The van der Waals surface area contributed by atoms with Crippen LogP contribution in [0, 0.1) is 12.8 Å². The average Bonchev–Trinajstić information content (AvgIpc) is 2.38. The molecule has 1 unspecified atom stereocenters. The lowest BCUT2D eigenvalue weighted by atomic mass is 10.1. The van der Waals surface area contributed by atoms with Gasteiger partial charge in [0.1, 0.15) is 6.54 Å². The van der Waals surface area contributed by atoms with E-state index in [0.717, 1.165) is 20.6 Å². The third-order valence-electron chi connectivity index (χ3n) is 3.51. The van der Waals surface area contributed by atoms with Crippen molar-refractivity contribution >= 4 is 37.5 Å². The number of rotatable bonds is 6. The highest BCUT2D eigenvalue weighted by atomic mass is 79.9. The number of aryl methyl sites for hydroxylation is 1. The van der Waals surface area contributed by atoms with E-state index in [1.54, 1.807) is 18.2 Å². The van der Waals surface area contributed by atoms with Crippen LogP contribution in [-0.4, -0.2) is 33.2 Å². The van der Waals surface area contributed by atoms with Crippen molar-refractivity contribution in [2.75, 3.05) is 17.1 Å². The lowest BCUT2D eigenvalue weighted by molar-refractivity contribution is -0.120. The zero-order chi connectivity index (χ0) is 17.1. The van der Waals surface area contributed by atoms with Crippen LogP contribution in [0.4, 0.5) is 5.69 Å². The van der Waals surface area contributed by atoms with E-state index in [2.05, 4.69) is 21.2 Å². The summed E-state index contributed by atoms with van der Waals surface area (Å²) in [4.78, 5) is 12.1. The van der Waals surface area contributed by atoms with Crippen LogP contribution in [0.3, 0.4) is 0 Å². The summed E-state index contributed by atoms with van der Waals surface area (Å²) in [6.45, 7) is 7.54. The Balaban J connectivity index is 3.00. The van der Waals surface area contributed by atoms with Crippen LogP contribution >= 0.6 is 15.9 Å². The fraction of sp³-hybridized carbons (Fsp3) is 0.533. The standard InChI is InChI=1S/C15H23BrN2O3S/c1-10(2)12(4)17-15(19)9-18(22(5,20)21)13-6-7-14(16)11(3)8-13/h6-8,10,12H,9H2,1-5H3,(H,17,19). The summed E-state index contributed by atoms with van der Waals surface area (Å²) < 4.78 is 26.0. The number of anilines is 1. The smallest absolute Gasteiger partial charge is 0.240 e. The number of halogens is 1. The molecule has 5 nitrogen and oxygen atoms in total. The number of benzene rings is 1. The Morgan fingerprint density at radius 2 is 1.91 bits per heavy atom. The van der Waals surface area contributed by atoms with Crippen LogP contribution in [0.2, 0.25) is 0 Å². The largest absolute Gasteiger partial charge is 0.352 e. The Morgan fingerprint density at radius 3 is 2.36 bits per heavy atom. The minimum atomic E-state index is -3.54. The van der Waals surface area contributed by atoms with Crippen molar-refractivity contribution in [3.05, 3.63) is 28.2 Å². The molecule has 0 aliphatic rings. The van der Waals surface area contributed by atoms with Crippen molar-refractivity contribution in [3.63, 3.8) is 0 Å². The Morgan fingerprint density at radius 1 is 1.32 bits per heavy atom. The van der Waals surface area contributed by atoms with Crippen LogP contribution in [-0.2, 0) is 14.8 Å². The number of carbonyl (C=O) groups excluding carboxylic acids is 1. The molecule has 1 rings (SSSR count). The van der Waals surface area contributed by atoms with Gasteiger partial charge in [0, 0.05) is 10.5 Å². The van der Waals surface area contributed by atoms with Crippen LogP contribution in [0.1, 0.15) is 26.3 Å². The number of nitrogens with one attached hydrogen (secondary N) is 1. The molecule has 124 valence electrons. The van der Waals surface area contributed by atoms with Gasteiger partial charge in [0.15, 0.2) is 0 Å². The van der Waals surface area contributed by atoms with Crippen molar-refractivity contribution in [1.82, 2.24) is 5.32 Å². The van der Waals surface area contributed by atoms with Crippen molar-refractivity contribution < 1.29 is 13.2 Å². The zero-order valence-electron chi connectivity index (χ0n) is 13.6. The molecule has 22 heavy (non-hydrogen) atoms. The van der Waals surface area contributed by atoms with Gasteiger partial charge in [0.2, 0.25) is 15.9 Å². The monoisotopic (exact) mass is 390 g/mol. The topological polar surface area (TPSA) is 66.5 Å². The minimum Gasteiger partial charge on any atom is -0.352 e. The van der Waals surface area contributed by atoms with Gasteiger partial charge in [0.05, 0.1) is 11.9 Å². The number of nitrogens with zero attached hydrogens (tertiary/aromatic N) is 1. The van der Waals surface area contributed by atoms with Crippen molar-refractivity contribution in [2.24, 2.45) is 5.92 Å². The molecule has 1 N–H and O–H groups in total. The average molecular weight is 391 g/mol. The van der Waals surface area contributed by atoms with E-state index in [-0.39, 0.29) is 24.4 Å². The van der Waals surface area contributed by atoms with Crippen molar-refractivity contribution in [2.45, 2.75) is 33.7 Å². The summed E-state index contributed by atoms with van der Waals surface area (Å²) in [7, 11) is -3.54. The molecule has 0 fully saturated rings. The fourth-order valence-electron chi connectivity index (χ4n) is 1.78. The molecule has 7 heteroatoms. The molecular weight excluding hydrogens is 368 g/mol. The predicted molar refractivity (Wildman–Crippen MR) is 93.5 cm³/mol. The predicted octanol–water partition coefficient (Wildman–Crippen LogP) is 2.68. The molecule has 1 atom stereocenters. The molecule has 0 saturated heterocycles. The Hall–Kier alpha value is -1.08. The number of hydrogen-bond donors (Lipinski definition) is 1. The first-order valence-corrected chi connectivity index (χ1v) is 9.69. The molecule has 1 amide bonds. The number of amides is 1. The van der Waals surface area contributed by atoms with Crippen LogP contribution in [0.15, 0.2) is 22.7 Å². The third-order valence-corrected chi connectivity index (χ3v) is 5.54. The molecule has 0 aromatic heterocycles. The number of carbonyl (C=O) groups is 1. The molecular formula is C15H23BrN2O3S. The maximum atomic E-state index is 12.1. The summed E-state index contributed by atoms with van der Waals surface area (Å²) in [6.07, 6.45) is 1.10. The van der Waals surface area contributed by atoms with Gasteiger partial charge in [-0.1, -0.05) is 29.8 Å². The Labute approximate surface area is 141 Å². The van der Waals surface area contributed by atoms with E-state index in [1.807, 2.05) is 27.7 Å². The second-order valence-corrected chi connectivity index (χ2v) is 8.56. The van der Waals surface area contributed by atoms with Crippen molar-refractivity contribution in [1.29, 1.82) is 0 Å². The molecule has 0 aliphatic heterocycles. The highest BCUT2D eigenvalue weighted by Crippen LogP contribution is 2.24. The van der Waals surface area contributed by atoms with Crippen LogP contribution < -0.4 is 9.62 Å². The Kier molecular flexibility index (Phi) is 6.43. The fourth-order valence-corrected chi connectivity index (χ4v) is 2.88. The molecule has 0 radical (unpaired) electrons.